The van der Waals surface area contributed by atoms with E-state index in [0.29, 0.717) is 0 Å². The van der Waals surface area contributed by atoms with Crippen LogP contribution in [0.1, 0.15) is 42.2 Å². The van der Waals surface area contributed by atoms with Crippen LogP contribution in [0.5, 0.6) is 0 Å². The van der Waals surface area contributed by atoms with Crippen LogP contribution >= 0.6 is 11.6 Å². The summed E-state index contributed by atoms with van der Waals surface area (Å²) in [7, 11) is 0. The smallest absolute Gasteiger partial charge is 0.128 e. The highest BCUT2D eigenvalue weighted by molar-refractivity contribution is 6.20. The van der Waals surface area contributed by atoms with Gasteiger partial charge in [0.15, 0.2) is 0 Å². The van der Waals surface area contributed by atoms with Gasteiger partial charge in [0.05, 0.1) is 22.5 Å². The lowest BCUT2D eigenvalue weighted by Crippen LogP contribution is -2.11. The third-order valence-corrected chi connectivity index (χ3v) is 4.00. The number of fused-ring (bicyclic) bond motifs is 1. The zero-order valence-corrected chi connectivity index (χ0v) is 13.2. The number of aryl methyl sites for hydroxylation is 1. The summed E-state index contributed by atoms with van der Waals surface area (Å²) in [5.41, 5.74) is 4.52. The van der Waals surface area contributed by atoms with Crippen LogP contribution in [0.25, 0.3) is 11.0 Å². The minimum atomic E-state index is -0.137. The van der Waals surface area contributed by atoms with E-state index in [1.165, 1.54) is 11.1 Å². The highest BCUT2D eigenvalue weighted by atomic mass is 35.5. The summed E-state index contributed by atoms with van der Waals surface area (Å²) in [6, 6.07) is 10.6. The number of aromatic nitrogens is 3. The standard InChI is InChI=1S/C17H18ClN3/c1-11-4-5-16-15(10-11)20-17(12(2)18)21(16)13(3)14-6-8-19-9-7-14/h4-10,12-13H,1-3H3. The van der Waals surface area contributed by atoms with E-state index in [4.69, 9.17) is 16.6 Å². The molecule has 0 aliphatic heterocycles. The quantitative estimate of drug-likeness (QED) is 0.659. The Hall–Kier alpha value is -1.87. The lowest BCUT2D eigenvalue weighted by molar-refractivity contribution is 0.618. The Balaban J connectivity index is 2.22. The molecule has 4 heteroatoms. The van der Waals surface area contributed by atoms with Gasteiger partial charge >= 0.3 is 0 Å². The molecule has 3 nitrogen and oxygen atoms in total. The van der Waals surface area contributed by atoms with Crippen LogP contribution in [0, 0.1) is 6.92 Å². The molecule has 0 aliphatic carbocycles. The molecule has 2 aromatic heterocycles. The lowest BCUT2D eigenvalue weighted by atomic mass is 10.1. The monoisotopic (exact) mass is 299 g/mol. The molecule has 0 bridgehead atoms. The molecule has 0 saturated carbocycles. The summed E-state index contributed by atoms with van der Waals surface area (Å²) < 4.78 is 2.22. The zero-order chi connectivity index (χ0) is 15.0. The van der Waals surface area contributed by atoms with Gasteiger partial charge in [-0.25, -0.2) is 4.98 Å². The Morgan fingerprint density at radius 1 is 1.10 bits per heavy atom. The summed E-state index contributed by atoms with van der Waals surface area (Å²) >= 11 is 6.36. The van der Waals surface area contributed by atoms with Gasteiger partial charge in [0.1, 0.15) is 5.82 Å². The molecule has 0 saturated heterocycles. The van der Waals surface area contributed by atoms with Crippen LogP contribution in [0.15, 0.2) is 42.7 Å². The average Bonchev–Trinajstić information content (AvgIpc) is 2.86. The van der Waals surface area contributed by atoms with E-state index in [2.05, 4.69) is 41.6 Å². The van der Waals surface area contributed by atoms with Crippen LogP contribution in [-0.2, 0) is 0 Å². The van der Waals surface area contributed by atoms with Gasteiger partial charge in [-0.3, -0.25) is 4.98 Å². The van der Waals surface area contributed by atoms with Crippen molar-refractivity contribution in [2.24, 2.45) is 0 Å². The van der Waals surface area contributed by atoms with Crippen LogP contribution in [-0.4, -0.2) is 14.5 Å². The van der Waals surface area contributed by atoms with Gasteiger partial charge in [-0.2, -0.15) is 0 Å². The SMILES string of the molecule is Cc1ccc2c(c1)nc(C(C)Cl)n2C(C)c1ccncc1. The Morgan fingerprint density at radius 3 is 2.48 bits per heavy atom. The molecule has 0 amide bonds. The summed E-state index contributed by atoms with van der Waals surface area (Å²) in [6.45, 7) is 6.21. The molecule has 3 aromatic rings. The molecule has 1 aromatic carbocycles. The molecule has 0 fully saturated rings. The van der Waals surface area contributed by atoms with Crippen molar-refractivity contribution in [3.63, 3.8) is 0 Å². The summed E-state index contributed by atoms with van der Waals surface area (Å²) in [6.07, 6.45) is 3.64. The number of pyridine rings is 1. The van der Waals surface area contributed by atoms with Crippen molar-refractivity contribution in [3.8, 4) is 0 Å². The molecule has 0 N–H and O–H groups in total. The largest absolute Gasteiger partial charge is 0.319 e. The van der Waals surface area contributed by atoms with Crippen molar-refractivity contribution in [1.82, 2.24) is 14.5 Å². The molecule has 2 atom stereocenters. The zero-order valence-electron chi connectivity index (χ0n) is 12.4. The highest BCUT2D eigenvalue weighted by Gasteiger charge is 2.20. The molecule has 108 valence electrons. The predicted octanol–water partition coefficient (Wildman–Crippen LogP) is 4.65. The molecule has 21 heavy (non-hydrogen) atoms. The van der Waals surface area contributed by atoms with Gasteiger partial charge < -0.3 is 4.57 Å². The van der Waals surface area contributed by atoms with Gasteiger partial charge in [-0.1, -0.05) is 6.07 Å². The Bertz CT molecular complexity index is 762. The van der Waals surface area contributed by atoms with Crippen molar-refractivity contribution in [2.45, 2.75) is 32.2 Å². The second-order valence-electron chi connectivity index (χ2n) is 5.40. The number of hydrogen-bond donors (Lipinski definition) is 0. The van der Waals surface area contributed by atoms with E-state index >= 15 is 0 Å². The normalized spacial score (nSPS) is 14.3. The van der Waals surface area contributed by atoms with E-state index in [1.54, 1.807) is 0 Å². The summed E-state index contributed by atoms with van der Waals surface area (Å²) in [5.74, 6) is 0.904. The number of imidazole rings is 1. The van der Waals surface area contributed by atoms with Crippen molar-refractivity contribution in [3.05, 3.63) is 59.7 Å². The van der Waals surface area contributed by atoms with E-state index in [9.17, 15) is 0 Å². The first-order valence-electron chi connectivity index (χ1n) is 7.10. The molecule has 0 spiro atoms. The third-order valence-electron chi connectivity index (χ3n) is 3.80. The van der Waals surface area contributed by atoms with Gasteiger partial charge in [-0.15, -0.1) is 11.6 Å². The molecule has 3 rings (SSSR count). The fourth-order valence-corrected chi connectivity index (χ4v) is 2.86. The van der Waals surface area contributed by atoms with Gasteiger partial charge in [0.2, 0.25) is 0 Å². The highest BCUT2D eigenvalue weighted by Crippen LogP contribution is 2.31. The second kappa shape index (κ2) is 5.49. The van der Waals surface area contributed by atoms with Gasteiger partial charge in [0.25, 0.3) is 0 Å². The second-order valence-corrected chi connectivity index (χ2v) is 6.06. The number of rotatable bonds is 3. The fraction of sp³-hybridized carbons (Fsp3) is 0.294. The summed E-state index contributed by atoms with van der Waals surface area (Å²) in [5, 5.41) is -0.137. The Labute approximate surface area is 129 Å². The molecule has 0 radical (unpaired) electrons. The maximum atomic E-state index is 6.36. The third kappa shape index (κ3) is 2.54. The Morgan fingerprint density at radius 2 is 1.81 bits per heavy atom. The predicted molar refractivity (Wildman–Crippen MR) is 86.8 cm³/mol. The maximum Gasteiger partial charge on any atom is 0.128 e. The van der Waals surface area contributed by atoms with Crippen molar-refractivity contribution in [1.29, 1.82) is 0 Å². The number of hydrogen-bond acceptors (Lipinski definition) is 2. The van der Waals surface area contributed by atoms with Crippen molar-refractivity contribution >= 4 is 22.6 Å². The van der Waals surface area contributed by atoms with Gasteiger partial charge in [-0.05, 0) is 56.2 Å². The van der Waals surface area contributed by atoms with E-state index in [0.717, 1.165) is 16.9 Å². The first-order chi connectivity index (χ1) is 10.1. The van der Waals surface area contributed by atoms with E-state index in [1.807, 2.05) is 31.5 Å². The van der Waals surface area contributed by atoms with Crippen LogP contribution < -0.4 is 0 Å². The van der Waals surface area contributed by atoms with Crippen molar-refractivity contribution in [2.75, 3.05) is 0 Å². The first kappa shape index (κ1) is 14.1. The molecular formula is C17H18ClN3. The topological polar surface area (TPSA) is 30.7 Å². The minimum Gasteiger partial charge on any atom is -0.319 e. The van der Waals surface area contributed by atoms with E-state index < -0.39 is 0 Å². The van der Waals surface area contributed by atoms with Crippen LogP contribution in [0.2, 0.25) is 0 Å². The van der Waals surface area contributed by atoms with Crippen molar-refractivity contribution < 1.29 is 0 Å². The number of nitrogens with zero attached hydrogens (tertiary/aromatic N) is 3. The molecule has 2 heterocycles. The number of halogens is 1. The van der Waals surface area contributed by atoms with E-state index in [-0.39, 0.29) is 11.4 Å². The van der Waals surface area contributed by atoms with Crippen LogP contribution in [0.3, 0.4) is 0 Å². The number of alkyl halides is 1. The average molecular weight is 300 g/mol. The lowest BCUT2D eigenvalue weighted by Gasteiger charge is -2.19. The number of benzene rings is 1. The van der Waals surface area contributed by atoms with Crippen LogP contribution in [0.4, 0.5) is 0 Å². The minimum absolute atomic E-state index is 0.137. The fourth-order valence-electron chi connectivity index (χ4n) is 2.71. The molecule has 2 unspecified atom stereocenters. The first-order valence-corrected chi connectivity index (χ1v) is 7.54. The molecule has 0 aliphatic rings. The van der Waals surface area contributed by atoms with Gasteiger partial charge in [0, 0.05) is 12.4 Å². The maximum absolute atomic E-state index is 6.36. The molecular weight excluding hydrogens is 282 g/mol. The Kier molecular flexibility index (Phi) is 3.68. The summed E-state index contributed by atoms with van der Waals surface area (Å²) in [4.78, 5) is 8.82.